The molecule has 126 valence electrons. The quantitative estimate of drug-likeness (QED) is 0.846. The topological polar surface area (TPSA) is 50.9 Å². The number of hydrogen-bond acceptors (Lipinski definition) is 3. The Labute approximate surface area is 136 Å². The fourth-order valence-electron chi connectivity index (χ4n) is 2.09. The molecule has 0 spiro atoms. The summed E-state index contributed by atoms with van der Waals surface area (Å²) in [5.74, 6) is -0.740. The van der Waals surface area contributed by atoms with E-state index in [0.717, 1.165) is 6.07 Å². The van der Waals surface area contributed by atoms with Crippen molar-refractivity contribution in [1.29, 1.82) is 0 Å². The van der Waals surface area contributed by atoms with Crippen molar-refractivity contribution in [2.45, 2.75) is 12.3 Å². The highest BCUT2D eigenvalue weighted by atomic mass is 19.4. The summed E-state index contributed by atoms with van der Waals surface area (Å²) in [4.78, 5) is 12.1. The fourth-order valence-corrected chi connectivity index (χ4v) is 2.09. The van der Waals surface area contributed by atoms with Crippen LogP contribution in [0.15, 0.2) is 48.5 Å². The minimum Gasteiger partial charge on any atom is -0.490 e. The first kappa shape index (κ1) is 16.3. The molecule has 1 aliphatic heterocycles. The Balaban J connectivity index is 1.80. The van der Waals surface area contributed by atoms with E-state index in [2.05, 4.69) is 5.32 Å². The number of amides is 1. The van der Waals surface area contributed by atoms with Crippen LogP contribution in [0.25, 0.3) is 0 Å². The number of hydrogen-bond donors (Lipinski definition) is 1. The van der Waals surface area contributed by atoms with Gasteiger partial charge in [-0.1, -0.05) is 18.2 Å². The highest BCUT2D eigenvalue weighted by Crippen LogP contribution is 2.38. The summed E-state index contributed by atoms with van der Waals surface area (Å²) in [5, 5.41) is 2.56. The molecule has 1 atom stereocenters. The molecule has 0 radical (unpaired) electrons. The van der Waals surface area contributed by atoms with Crippen LogP contribution >= 0.6 is 0 Å². The Morgan fingerprint density at radius 3 is 2.54 bits per heavy atom. The first-order valence-electron chi connectivity index (χ1n) is 7.25. The summed E-state index contributed by atoms with van der Waals surface area (Å²) >= 11 is 0. The van der Waals surface area contributed by atoms with Crippen molar-refractivity contribution >= 4 is 11.6 Å². The minimum absolute atomic E-state index is 0.0408. The number of benzene rings is 2. The van der Waals surface area contributed by atoms with Crippen LogP contribution in [0.2, 0.25) is 0 Å². The van der Waals surface area contributed by atoms with Crippen LogP contribution in [0.3, 0.4) is 0 Å². The summed E-state index contributed by atoms with van der Waals surface area (Å²) in [6, 6.07) is 11.7. The Morgan fingerprint density at radius 2 is 1.92 bits per heavy atom. The first-order chi connectivity index (χ1) is 11.4. The monoisotopic (exact) mass is 337 g/mol. The van der Waals surface area contributed by atoms with Crippen molar-refractivity contribution in [2.75, 3.05) is 18.5 Å². The summed E-state index contributed by atoms with van der Waals surface area (Å²) < 4.78 is 49.3. The predicted molar refractivity (Wildman–Crippen MR) is 81.1 cm³/mol. The number of halogens is 3. The van der Waals surface area contributed by atoms with Gasteiger partial charge in [-0.25, -0.2) is 0 Å². The largest absolute Gasteiger partial charge is 0.490 e. The molecule has 2 aromatic rings. The number of carbonyl (C=O) groups excluding carboxylic acids is 1. The average molecular weight is 337 g/mol. The van der Waals surface area contributed by atoms with E-state index in [4.69, 9.17) is 9.47 Å². The lowest BCUT2D eigenvalue weighted by molar-refractivity contribution is -0.139. The number of nitrogens with one attached hydrogen (secondary N) is 1. The van der Waals surface area contributed by atoms with Gasteiger partial charge in [0.25, 0.3) is 5.91 Å². The number of alkyl halides is 3. The van der Waals surface area contributed by atoms with E-state index in [1.807, 2.05) is 0 Å². The molecule has 7 heteroatoms. The third kappa shape index (κ3) is 4.05. The van der Waals surface area contributed by atoms with Crippen LogP contribution in [0.4, 0.5) is 18.9 Å². The van der Waals surface area contributed by atoms with Crippen molar-refractivity contribution in [3.05, 3.63) is 59.7 Å². The lowest BCUT2D eigenvalue weighted by Gasteiger charge is -2.15. The van der Waals surface area contributed by atoms with E-state index >= 15 is 0 Å². The Morgan fingerprint density at radius 1 is 1.21 bits per heavy atom. The van der Waals surface area contributed by atoms with Crippen molar-refractivity contribution in [3.8, 4) is 5.75 Å². The van der Waals surface area contributed by atoms with E-state index in [1.54, 1.807) is 30.3 Å². The standard InChI is InChI=1S/C17H14F3NO3/c18-17(19,20)14-7-6-12(8-15(14)24-10-13-9-23-13)21-16(22)11-4-2-1-3-5-11/h1-8,13H,9-10H2,(H,21,22). The van der Waals surface area contributed by atoms with Crippen LogP contribution in [-0.2, 0) is 10.9 Å². The van der Waals surface area contributed by atoms with Crippen LogP contribution in [-0.4, -0.2) is 25.2 Å². The van der Waals surface area contributed by atoms with Gasteiger partial charge in [0, 0.05) is 17.3 Å². The van der Waals surface area contributed by atoms with Gasteiger partial charge < -0.3 is 14.8 Å². The minimum atomic E-state index is -4.54. The van der Waals surface area contributed by atoms with E-state index in [-0.39, 0.29) is 24.1 Å². The first-order valence-corrected chi connectivity index (χ1v) is 7.25. The van der Waals surface area contributed by atoms with Crippen molar-refractivity contribution in [3.63, 3.8) is 0 Å². The second kappa shape index (κ2) is 6.52. The molecule has 1 aliphatic rings. The lowest BCUT2D eigenvalue weighted by atomic mass is 10.1. The third-order valence-electron chi connectivity index (χ3n) is 3.41. The highest BCUT2D eigenvalue weighted by molar-refractivity contribution is 6.04. The second-order valence-electron chi connectivity index (χ2n) is 5.30. The Kier molecular flexibility index (Phi) is 4.44. The molecule has 1 unspecified atom stereocenters. The van der Waals surface area contributed by atoms with Crippen LogP contribution in [0, 0.1) is 0 Å². The third-order valence-corrected chi connectivity index (χ3v) is 3.41. The zero-order valence-electron chi connectivity index (χ0n) is 12.5. The van der Waals surface area contributed by atoms with Gasteiger partial charge in [-0.15, -0.1) is 0 Å². The zero-order chi connectivity index (χ0) is 17.2. The van der Waals surface area contributed by atoms with Gasteiger partial charge in [0.1, 0.15) is 18.5 Å². The molecule has 1 saturated heterocycles. The number of epoxide rings is 1. The molecule has 0 aliphatic carbocycles. The lowest BCUT2D eigenvalue weighted by Crippen LogP contribution is -2.14. The number of ether oxygens (including phenoxy) is 2. The van der Waals surface area contributed by atoms with Crippen LogP contribution in [0.5, 0.6) is 5.75 Å². The second-order valence-corrected chi connectivity index (χ2v) is 5.30. The van der Waals surface area contributed by atoms with E-state index < -0.39 is 17.6 Å². The zero-order valence-corrected chi connectivity index (χ0v) is 12.5. The summed E-state index contributed by atoms with van der Waals surface area (Å²) in [6.45, 7) is 0.519. The van der Waals surface area contributed by atoms with E-state index in [1.165, 1.54) is 12.1 Å². The molecule has 24 heavy (non-hydrogen) atoms. The van der Waals surface area contributed by atoms with Crippen molar-refractivity contribution in [1.82, 2.24) is 0 Å². The molecular formula is C17H14F3NO3. The summed E-state index contributed by atoms with van der Waals surface area (Å²) in [7, 11) is 0. The highest BCUT2D eigenvalue weighted by Gasteiger charge is 2.35. The molecule has 1 amide bonds. The number of rotatable bonds is 5. The molecule has 1 heterocycles. The fraction of sp³-hybridized carbons (Fsp3) is 0.235. The number of anilines is 1. The van der Waals surface area contributed by atoms with E-state index in [9.17, 15) is 18.0 Å². The van der Waals surface area contributed by atoms with Crippen molar-refractivity contribution in [2.24, 2.45) is 0 Å². The van der Waals surface area contributed by atoms with Gasteiger partial charge in [-0.05, 0) is 24.3 Å². The molecule has 0 aromatic heterocycles. The number of carbonyl (C=O) groups is 1. The Bertz CT molecular complexity index is 728. The average Bonchev–Trinajstić information content (AvgIpc) is 3.37. The maximum Gasteiger partial charge on any atom is 0.419 e. The predicted octanol–water partition coefficient (Wildman–Crippen LogP) is 3.74. The van der Waals surface area contributed by atoms with Gasteiger partial charge in [0.15, 0.2) is 0 Å². The van der Waals surface area contributed by atoms with E-state index in [0.29, 0.717) is 12.2 Å². The molecule has 4 nitrogen and oxygen atoms in total. The molecular weight excluding hydrogens is 323 g/mol. The SMILES string of the molecule is O=C(Nc1ccc(C(F)(F)F)c(OCC2CO2)c1)c1ccccc1. The molecule has 3 rings (SSSR count). The summed E-state index contributed by atoms with van der Waals surface area (Å²) in [6.07, 6.45) is -4.71. The van der Waals surface area contributed by atoms with Gasteiger partial charge in [-0.2, -0.15) is 13.2 Å². The molecule has 0 bridgehead atoms. The normalized spacial score (nSPS) is 16.5. The smallest absolute Gasteiger partial charge is 0.419 e. The van der Waals surface area contributed by atoms with Gasteiger partial charge in [-0.3, -0.25) is 4.79 Å². The van der Waals surface area contributed by atoms with Crippen molar-refractivity contribution < 1.29 is 27.4 Å². The van der Waals surface area contributed by atoms with Crippen LogP contribution in [0.1, 0.15) is 15.9 Å². The Hall–Kier alpha value is -2.54. The molecule has 0 saturated carbocycles. The van der Waals surface area contributed by atoms with Gasteiger partial charge >= 0.3 is 6.18 Å². The molecule has 1 fully saturated rings. The van der Waals surface area contributed by atoms with Gasteiger partial charge in [0.2, 0.25) is 0 Å². The molecule has 2 aromatic carbocycles. The van der Waals surface area contributed by atoms with Crippen LogP contribution < -0.4 is 10.1 Å². The summed E-state index contributed by atoms with van der Waals surface area (Å²) in [5.41, 5.74) is -0.254. The molecule has 1 N–H and O–H groups in total. The van der Waals surface area contributed by atoms with Gasteiger partial charge in [0.05, 0.1) is 12.2 Å². The maximum absolute atomic E-state index is 13.0. The maximum atomic E-state index is 13.0.